The number of aliphatic hydroxyl groups is 2. The Balaban J connectivity index is 3.44. The van der Waals surface area contributed by atoms with Crippen LogP contribution in [-0.4, -0.2) is 47.4 Å². The molecule has 6 nitrogen and oxygen atoms in total. The molecule has 0 bridgehead atoms. The lowest BCUT2D eigenvalue weighted by molar-refractivity contribution is -0.143. The molecule has 0 aromatic heterocycles. The maximum Gasteiger partial charge on any atom is 0.305 e. The van der Waals surface area contributed by atoms with Crippen LogP contribution in [0.25, 0.3) is 0 Å². The van der Waals surface area contributed by atoms with Gasteiger partial charge in [0, 0.05) is 12.8 Å². The first-order valence-electron chi connectivity index (χ1n) is 27.7. The Morgan fingerprint density at radius 3 is 1.24 bits per heavy atom. The zero-order valence-electron chi connectivity index (χ0n) is 42.1. The van der Waals surface area contributed by atoms with Gasteiger partial charge in [0.25, 0.3) is 0 Å². The second kappa shape index (κ2) is 52.7. The third kappa shape index (κ3) is 49.4. The molecule has 2 atom stereocenters. The van der Waals surface area contributed by atoms with Gasteiger partial charge in [-0.25, -0.2) is 0 Å². The lowest BCUT2D eigenvalue weighted by Crippen LogP contribution is -2.45. The SMILES string of the molecule is CCCCCC/C=C\C/C=C\CCCCCCCCCC(=O)OCCCCCCCC/C=C\CCCCCCCCCC(=O)NC(CO)C(O)CCCCCCCCCCCCC. The van der Waals surface area contributed by atoms with Crippen molar-refractivity contribution < 1.29 is 24.5 Å². The number of allylic oxidation sites excluding steroid dienone is 6. The standard InChI is InChI=1S/C57H107NO5/c1-3-5-7-9-11-13-15-16-17-18-21-24-27-31-35-39-43-47-51-57(62)63-52-48-44-40-36-32-28-25-22-19-20-23-26-30-34-38-42-46-50-56(61)58-54(53-59)55(60)49-45-41-37-33-29-14-12-10-8-6-4-2/h13,15,17-19,22,54-55,59-60H,3-12,14,16,20-21,23-53H2,1-2H3,(H,58,61)/b15-13-,18-17-,22-19-. The summed E-state index contributed by atoms with van der Waals surface area (Å²) in [7, 11) is 0. The average molecular weight is 886 g/mol. The van der Waals surface area contributed by atoms with Crippen molar-refractivity contribution in [3.8, 4) is 0 Å². The Morgan fingerprint density at radius 1 is 0.444 bits per heavy atom. The van der Waals surface area contributed by atoms with Crippen molar-refractivity contribution in [1.29, 1.82) is 0 Å². The molecule has 0 heterocycles. The summed E-state index contributed by atoms with van der Waals surface area (Å²) in [5.41, 5.74) is 0. The highest BCUT2D eigenvalue weighted by Crippen LogP contribution is 2.16. The molecule has 0 aliphatic heterocycles. The van der Waals surface area contributed by atoms with Gasteiger partial charge in [0.2, 0.25) is 5.91 Å². The van der Waals surface area contributed by atoms with Crippen LogP contribution in [0.4, 0.5) is 0 Å². The van der Waals surface area contributed by atoms with Crippen LogP contribution in [0.15, 0.2) is 36.5 Å². The summed E-state index contributed by atoms with van der Waals surface area (Å²) in [6.45, 7) is 4.90. The zero-order valence-corrected chi connectivity index (χ0v) is 42.1. The number of nitrogens with one attached hydrogen (secondary N) is 1. The van der Waals surface area contributed by atoms with Gasteiger partial charge in [0.1, 0.15) is 0 Å². The third-order valence-electron chi connectivity index (χ3n) is 12.7. The third-order valence-corrected chi connectivity index (χ3v) is 12.7. The molecule has 0 aliphatic carbocycles. The lowest BCUT2D eigenvalue weighted by Gasteiger charge is -2.22. The van der Waals surface area contributed by atoms with Gasteiger partial charge in [-0.15, -0.1) is 0 Å². The van der Waals surface area contributed by atoms with Crippen molar-refractivity contribution in [2.45, 2.75) is 302 Å². The monoisotopic (exact) mass is 886 g/mol. The fourth-order valence-electron chi connectivity index (χ4n) is 8.37. The molecular weight excluding hydrogens is 779 g/mol. The second-order valence-electron chi connectivity index (χ2n) is 18.9. The molecule has 1 amide bonds. The van der Waals surface area contributed by atoms with Crippen LogP contribution < -0.4 is 5.32 Å². The van der Waals surface area contributed by atoms with Crippen molar-refractivity contribution >= 4 is 11.9 Å². The van der Waals surface area contributed by atoms with E-state index in [1.165, 1.54) is 193 Å². The lowest BCUT2D eigenvalue weighted by atomic mass is 10.0. The van der Waals surface area contributed by atoms with Gasteiger partial charge >= 0.3 is 5.97 Å². The Morgan fingerprint density at radius 2 is 0.794 bits per heavy atom. The highest BCUT2D eigenvalue weighted by molar-refractivity contribution is 5.76. The zero-order chi connectivity index (χ0) is 45.8. The van der Waals surface area contributed by atoms with Crippen molar-refractivity contribution in [3.63, 3.8) is 0 Å². The van der Waals surface area contributed by atoms with Gasteiger partial charge in [-0.1, -0.05) is 230 Å². The fourth-order valence-corrected chi connectivity index (χ4v) is 8.37. The predicted molar refractivity (Wildman–Crippen MR) is 273 cm³/mol. The van der Waals surface area contributed by atoms with E-state index in [0.29, 0.717) is 25.9 Å². The van der Waals surface area contributed by atoms with Crippen LogP contribution in [0.5, 0.6) is 0 Å². The molecule has 0 radical (unpaired) electrons. The molecule has 2 unspecified atom stereocenters. The maximum atomic E-state index is 12.4. The molecule has 0 rings (SSSR count). The van der Waals surface area contributed by atoms with Crippen LogP contribution >= 0.6 is 0 Å². The normalized spacial score (nSPS) is 12.9. The number of carbonyl (C=O) groups is 2. The number of hydrogen-bond acceptors (Lipinski definition) is 5. The van der Waals surface area contributed by atoms with Gasteiger partial charge in [-0.05, 0) is 83.5 Å². The number of hydrogen-bond donors (Lipinski definition) is 3. The minimum Gasteiger partial charge on any atom is -0.466 e. The Bertz CT molecular complexity index is 1020. The maximum absolute atomic E-state index is 12.4. The first-order chi connectivity index (χ1) is 31.0. The van der Waals surface area contributed by atoms with Gasteiger partial charge in [-0.3, -0.25) is 9.59 Å². The molecule has 0 aromatic rings. The minimum absolute atomic E-state index is 0.00954. The van der Waals surface area contributed by atoms with E-state index in [0.717, 1.165) is 64.2 Å². The van der Waals surface area contributed by atoms with E-state index in [4.69, 9.17) is 4.74 Å². The summed E-state index contributed by atoms with van der Waals surface area (Å²) < 4.78 is 5.47. The van der Waals surface area contributed by atoms with E-state index < -0.39 is 12.1 Å². The number of amides is 1. The Labute approximate surface area is 392 Å². The molecule has 0 spiro atoms. The predicted octanol–water partition coefficient (Wildman–Crippen LogP) is 16.9. The molecule has 6 heteroatoms. The second-order valence-corrected chi connectivity index (χ2v) is 18.9. The highest BCUT2D eigenvalue weighted by atomic mass is 16.5. The van der Waals surface area contributed by atoms with E-state index in [1.807, 2.05) is 0 Å². The molecule has 0 saturated carbocycles. The molecule has 0 aliphatic rings. The number of unbranched alkanes of at least 4 members (excludes halogenated alkanes) is 34. The van der Waals surface area contributed by atoms with Gasteiger partial charge in [0.05, 0.1) is 25.4 Å². The number of esters is 1. The summed E-state index contributed by atoms with van der Waals surface area (Å²) in [4.78, 5) is 24.5. The molecule has 370 valence electrons. The highest BCUT2D eigenvalue weighted by Gasteiger charge is 2.20. The molecule has 0 aromatic carbocycles. The van der Waals surface area contributed by atoms with Crippen molar-refractivity contribution in [3.05, 3.63) is 36.5 Å². The molecular formula is C57H107NO5. The van der Waals surface area contributed by atoms with Gasteiger partial charge < -0.3 is 20.3 Å². The summed E-state index contributed by atoms with van der Waals surface area (Å²) in [5, 5.41) is 23.1. The molecule has 63 heavy (non-hydrogen) atoms. The van der Waals surface area contributed by atoms with Gasteiger partial charge in [-0.2, -0.15) is 0 Å². The summed E-state index contributed by atoms with van der Waals surface area (Å²) in [5.74, 6) is -0.0583. The number of carbonyl (C=O) groups excluding carboxylic acids is 2. The van der Waals surface area contributed by atoms with Crippen molar-refractivity contribution in [2.75, 3.05) is 13.2 Å². The van der Waals surface area contributed by atoms with E-state index in [1.54, 1.807) is 0 Å². The summed E-state index contributed by atoms with van der Waals surface area (Å²) in [6, 6.07) is -0.550. The number of aliphatic hydroxyl groups excluding tert-OH is 2. The van der Waals surface area contributed by atoms with Crippen molar-refractivity contribution in [1.82, 2.24) is 5.32 Å². The van der Waals surface area contributed by atoms with Crippen LogP contribution in [0.2, 0.25) is 0 Å². The topological polar surface area (TPSA) is 95.9 Å². The van der Waals surface area contributed by atoms with E-state index >= 15 is 0 Å². The Hall–Kier alpha value is -1.92. The first-order valence-corrected chi connectivity index (χ1v) is 27.7. The van der Waals surface area contributed by atoms with Crippen LogP contribution in [-0.2, 0) is 14.3 Å². The first kappa shape index (κ1) is 61.1. The minimum atomic E-state index is -0.671. The quantitative estimate of drug-likeness (QED) is 0.0321. The van der Waals surface area contributed by atoms with Crippen LogP contribution in [0.1, 0.15) is 290 Å². The smallest absolute Gasteiger partial charge is 0.305 e. The molecule has 3 N–H and O–H groups in total. The van der Waals surface area contributed by atoms with Gasteiger partial charge in [0.15, 0.2) is 0 Å². The summed E-state index contributed by atoms with van der Waals surface area (Å²) in [6.07, 6.45) is 64.1. The fraction of sp³-hybridized carbons (Fsp3) is 0.860. The molecule has 0 saturated heterocycles. The molecule has 0 fully saturated rings. The summed E-state index contributed by atoms with van der Waals surface area (Å²) >= 11 is 0. The average Bonchev–Trinajstić information content (AvgIpc) is 3.28. The number of rotatable bonds is 51. The van der Waals surface area contributed by atoms with Crippen LogP contribution in [0, 0.1) is 0 Å². The van der Waals surface area contributed by atoms with Crippen molar-refractivity contribution in [2.24, 2.45) is 0 Å². The van der Waals surface area contributed by atoms with E-state index in [-0.39, 0.29) is 18.5 Å². The Kier molecular flexibility index (Phi) is 51.1. The largest absolute Gasteiger partial charge is 0.466 e. The number of ether oxygens (including phenoxy) is 1. The van der Waals surface area contributed by atoms with E-state index in [9.17, 15) is 19.8 Å². The van der Waals surface area contributed by atoms with Crippen LogP contribution in [0.3, 0.4) is 0 Å². The van der Waals surface area contributed by atoms with E-state index in [2.05, 4.69) is 55.6 Å².